The Kier molecular flexibility index (Phi) is 3.81. The SMILES string of the molecule is CC(C)(C)CC(C)(C)N=C1Nc2ccccc2NC1(C)C. The average Bonchev–Trinajstić information content (AvgIpc) is 2.25. The van der Waals surface area contributed by atoms with Crippen molar-refractivity contribution in [3.05, 3.63) is 24.3 Å². The molecule has 0 atom stereocenters. The van der Waals surface area contributed by atoms with E-state index in [4.69, 9.17) is 4.99 Å². The molecule has 0 aliphatic carbocycles. The number of hydrogen-bond donors (Lipinski definition) is 2. The van der Waals surface area contributed by atoms with E-state index in [2.05, 4.69) is 77.3 Å². The van der Waals surface area contributed by atoms with Crippen LogP contribution in [0.3, 0.4) is 0 Å². The zero-order chi connectivity index (χ0) is 15.9. The van der Waals surface area contributed by atoms with Gasteiger partial charge in [-0.15, -0.1) is 0 Å². The molecule has 0 unspecified atom stereocenters. The Balaban J connectivity index is 2.33. The van der Waals surface area contributed by atoms with E-state index < -0.39 is 0 Å². The summed E-state index contributed by atoms with van der Waals surface area (Å²) < 4.78 is 0. The van der Waals surface area contributed by atoms with Gasteiger partial charge in [0.05, 0.1) is 22.5 Å². The fourth-order valence-electron chi connectivity index (χ4n) is 3.19. The lowest BCUT2D eigenvalue weighted by Gasteiger charge is -2.38. The van der Waals surface area contributed by atoms with E-state index in [-0.39, 0.29) is 16.5 Å². The van der Waals surface area contributed by atoms with Gasteiger partial charge in [-0.1, -0.05) is 32.9 Å². The molecule has 0 saturated carbocycles. The van der Waals surface area contributed by atoms with Gasteiger partial charge in [0.15, 0.2) is 0 Å². The second-order valence-corrected chi connectivity index (χ2v) is 8.43. The van der Waals surface area contributed by atoms with Gasteiger partial charge >= 0.3 is 0 Å². The van der Waals surface area contributed by atoms with Crippen molar-refractivity contribution in [2.45, 2.75) is 66.0 Å². The lowest BCUT2D eigenvalue weighted by atomic mass is 9.82. The van der Waals surface area contributed by atoms with Gasteiger partial charge in [-0.25, -0.2) is 0 Å². The number of hydrogen-bond acceptors (Lipinski definition) is 2. The van der Waals surface area contributed by atoms with Crippen LogP contribution < -0.4 is 10.6 Å². The van der Waals surface area contributed by atoms with E-state index in [0.29, 0.717) is 0 Å². The topological polar surface area (TPSA) is 36.4 Å². The van der Waals surface area contributed by atoms with Crippen LogP contribution in [0.15, 0.2) is 29.3 Å². The summed E-state index contributed by atoms with van der Waals surface area (Å²) in [6.45, 7) is 15.6. The number of fused-ring (bicyclic) bond motifs is 1. The number of benzene rings is 1. The highest BCUT2D eigenvalue weighted by atomic mass is 15.2. The van der Waals surface area contributed by atoms with E-state index in [9.17, 15) is 0 Å². The minimum Gasteiger partial charge on any atom is -0.371 e. The van der Waals surface area contributed by atoms with Crippen LogP contribution in [-0.4, -0.2) is 16.9 Å². The quantitative estimate of drug-likeness (QED) is 0.810. The molecular formula is C18H29N3. The molecule has 3 heteroatoms. The smallest absolute Gasteiger partial charge is 0.127 e. The van der Waals surface area contributed by atoms with Crippen LogP contribution in [0.4, 0.5) is 11.4 Å². The maximum absolute atomic E-state index is 5.05. The summed E-state index contributed by atoms with van der Waals surface area (Å²) >= 11 is 0. The number of anilines is 2. The monoisotopic (exact) mass is 287 g/mol. The molecule has 0 amide bonds. The number of nitrogens with one attached hydrogen (secondary N) is 2. The van der Waals surface area contributed by atoms with Crippen molar-refractivity contribution in [1.29, 1.82) is 0 Å². The Hall–Kier alpha value is -1.51. The van der Waals surface area contributed by atoms with Gasteiger partial charge in [0.1, 0.15) is 5.84 Å². The predicted octanol–water partition coefficient (Wildman–Crippen LogP) is 4.92. The first kappa shape index (κ1) is 15.9. The van der Waals surface area contributed by atoms with Crippen molar-refractivity contribution in [3.8, 4) is 0 Å². The molecule has 1 heterocycles. The molecule has 116 valence electrons. The predicted molar refractivity (Wildman–Crippen MR) is 93.4 cm³/mol. The molecule has 0 radical (unpaired) electrons. The lowest BCUT2D eigenvalue weighted by Crippen LogP contribution is -2.49. The number of para-hydroxylation sites is 2. The Bertz CT molecular complexity index is 548. The molecule has 1 aromatic rings. The van der Waals surface area contributed by atoms with E-state index in [1.165, 1.54) is 0 Å². The molecule has 0 spiro atoms. The van der Waals surface area contributed by atoms with Crippen molar-refractivity contribution >= 4 is 17.2 Å². The summed E-state index contributed by atoms with van der Waals surface area (Å²) in [5.41, 5.74) is 2.21. The van der Waals surface area contributed by atoms with Crippen molar-refractivity contribution < 1.29 is 0 Å². The normalized spacial score (nSPS) is 19.7. The highest BCUT2D eigenvalue weighted by molar-refractivity contribution is 6.09. The van der Waals surface area contributed by atoms with Gasteiger partial charge in [-0.05, 0) is 51.7 Å². The molecule has 2 N–H and O–H groups in total. The highest BCUT2D eigenvalue weighted by Crippen LogP contribution is 2.34. The molecule has 21 heavy (non-hydrogen) atoms. The number of aliphatic imine (C=N–C) groups is 1. The van der Waals surface area contributed by atoms with E-state index >= 15 is 0 Å². The number of nitrogens with zero attached hydrogens (tertiary/aromatic N) is 1. The minimum atomic E-state index is -0.191. The molecule has 1 aliphatic heterocycles. The van der Waals surface area contributed by atoms with Crippen LogP contribution in [-0.2, 0) is 0 Å². The molecule has 0 bridgehead atoms. The van der Waals surface area contributed by atoms with Gasteiger partial charge in [-0.3, -0.25) is 4.99 Å². The molecule has 1 aliphatic rings. The Labute approximate surface area is 129 Å². The molecule has 0 fully saturated rings. The van der Waals surface area contributed by atoms with Gasteiger partial charge in [-0.2, -0.15) is 0 Å². The summed E-state index contributed by atoms with van der Waals surface area (Å²) in [5, 5.41) is 7.10. The first-order chi connectivity index (χ1) is 9.49. The van der Waals surface area contributed by atoms with Crippen LogP contribution >= 0.6 is 0 Å². The summed E-state index contributed by atoms with van der Waals surface area (Å²) in [6, 6.07) is 8.28. The first-order valence-electron chi connectivity index (χ1n) is 7.73. The molecule has 2 rings (SSSR count). The lowest BCUT2D eigenvalue weighted by molar-refractivity contribution is 0.287. The van der Waals surface area contributed by atoms with Crippen LogP contribution in [0.1, 0.15) is 54.9 Å². The molecule has 3 nitrogen and oxygen atoms in total. The van der Waals surface area contributed by atoms with Crippen molar-refractivity contribution in [1.82, 2.24) is 0 Å². The largest absolute Gasteiger partial charge is 0.371 e. The third-order valence-electron chi connectivity index (χ3n) is 3.60. The van der Waals surface area contributed by atoms with Crippen molar-refractivity contribution in [2.75, 3.05) is 10.6 Å². The second kappa shape index (κ2) is 5.04. The van der Waals surface area contributed by atoms with Gasteiger partial charge in [0, 0.05) is 0 Å². The van der Waals surface area contributed by atoms with E-state index in [1.807, 2.05) is 6.07 Å². The molecule has 1 aromatic carbocycles. The summed E-state index contributed by atoms with van der Waals surface area (Å²) in [6.07, 6.45) is 1.04. The molecule has 0 saturated heterocycles. The van der Waals surface area contributed by atoms with Crippen LogP contribution in [0.5, 0.6) is 0 Å². The zero-order valence-corrected chi connectivity index (χ0v) is 14.5. The fourth-order valence-corrected chi connectivity index (χ4v) is 3.19. The molecule has 0 aromatic heterocycles. The first-order valence-corrected chi connectivity index (χ1v) is 7.73. The van der Waals surface area contributed by atoms with E-state index in [1.54, 1.807) is 0 Å². The van der Waals surface area contributed by atoms with Crippen molar-refractivity contribution in [3.63, 3.8) is 0 Å². The van der Waals surface area contributed by atoms with Gasteiger partial charge in [0.2, 0.25) is 0 Å². The summed E-state index contributed by atoms with van der Waals surface area (Å²) in [5.74, 6) is 1.01. The van der Waals surface area contributed by atoms with E-state index in [0.717, 1.165) is 23.6 Å². The average molecular weight is 287 g/mol. The minimum absolute atomic E-state index is 0.0915. The van der Waals surface area contributed by atoms with Crippen LogP contribution in [0, 0.1) is 5.41 Å². The Morgan fingerprint density at radius 1 is 1.00 bits per heavy atom. The highest BCUT2D eigenvalue weighted by Gasteiger charge is 2.34. The summed E-state index contributed by atoms with van der Waals surface area (Å²) in [4.78, 5) is 5.05. The van der Waals surface area contributed by atoms with Gasteiger partial charge in [0.25, 0.3) is 0 Å². The number of amidine groups is 1. The second-order valence-electron chi connectivity index (χ2n) is 8.43. The zero-order valence-electron chi connectivity index (χ0n) is 14.5. The standard InChI is InChI=1S/C18H29N3/c1-16(2,3)12-17(4,5)21-15-18(6,7)20-14-11-9-8-10-13(14)19-15/h8-11,20H,12H2,1-7H3,(H,19,21). The fraction of sp³-hybridized carbons (Fsp3) is 0.611. The van der Waals surface area contributed by atoms with Crippen molar-refractivity contribution in [2.24, 2.45) is 10.4 Å². The Morgan fingerprint density at radius 2 is 1.57 bits per heavy atom. The van der Waals surface area contributed by atoms with Gasteiger partial charge < -0.3 is 10.6 Å². The maximum atomic E-state index is 5.05. The third kappa shape index (κ3) is 3.99. The Morgan fingerprint density at radius 3 is 2.14 bits per heavy atom. The number of rotatable bonds is 2. The van der Waals surface area contributed by atoms with Crippen LogP contribution in [0.2, 0.25) is 0 Å². The third-order valence-corrected chi connectivity index (χ3v) is 3.60. The molecular weight excluding hydrogens is 258 g/mol. The summed E-state index contributed by atoms with van der Waals surface area (Å²) in [7, 11) is 0. The van der Waals surface area contributed by atoms with Crippen LogP contribution in [0.25, 0.3) is 0 Å². The maximum Gasteiger partial charge on any atom is 0.127 e.